The van der Waals surface area contributed by atoms with Crippen molar-refractivity contribution in [3.05, 3.63) is 87.8 Å². The first-order chi connectivity index (χ1) is 16.3. The van der Waals surface area contributed by atoms with E-state index in [1.807, 2.05) is 0 Å². The summed E-state index contributed by atoms with van der Waals surface area (Å²) in [7, 11) is -3.84. The first-order valence-electron chi connectivity index (χ1n) is 10.4. The van der Waals surface area contributed by atoms with Gasteiger partial charge in [-0.1, -0.05) is 41.9 Å². The molecule has 0 bridgehead atoms. The molecule has 3 aromatic rings. The van der Waals surface area contributed by atoms with Gasteiger partial charge in [-0.3, -0.25) is 20.4 Å². The molecule has 0 unspecified atom stereocenters. The van der Waals surface area contributed by atoms with E-state index in [1.54, 1.807) is 43.3 Å². The summed E-state index contributed by atoms with van der Waals surface area (Å²) < 4.78 is 30.8. The lowest BCUT2D eigenvalue weighted by Crippen LogP contribution is -2.41. The second-order valence-electron chi connectivity index (χ2n) is 7.56. The zero-order valence-electron chi connectivity index (χ0n) is 18.1. The van der Waals surface area contributed by atoms with Crippen molar-refractivity contribution >= 4 is 39.2 Å². The molecule has 11 heteroatoms. The lowest BCUT2D eigenvalue weighted by atomic mass is 9.93. The van der Waals surface area contributed by atoms with Gasteiger partial charge in [0.2, 0.25) is 0 Å². The molecule has 1 aliphatic carbocycles. The minimum Gasteiger partial charge on any atom is -0.455 e. The van der Waals surface area contributed by atoms with Gasteiger partial charge in [-0.25, -0.2) is 0 Å². The van der Waals surface area contributed by atoms with Crippen LogP contribution in [0.5, 0.6) is 0 Å². The molecule has 0 spiro atoms. The summed E-state index contributed by atoms with van der Waals surface area (Å²) >= 11 is 6.01. The summed E-state index contributed by atoms with van der Waals surface area (Å²) in [6.45, 7) is 1.68. The van der Waals surface area contributed by atoms with Crippen LogP contribution in [-0.2, 0) is 16.4 Å². The van der Waals surface area contributed by atoms with E-state index in [9.17, 15) is 18.0 Å². The Morgan fingerprint density at radius 1 is 0.971 bits per heavy atom. The number of aryl methyl sites for hydroxylation is 1. The molecule has 0 saturated heterocycles. The first-order valence-corrected chi connectivity index (χ1v) is 12.3. The van der Waals surface area contributed by atoms with Crippen LogP contribution < -0.4 is 15.7 Å². The molecule has 1 aromatic heterocycles. The maximum Gasteiger partial charge on any atom is 0.305 e. The summed E-state index contributed by atoms with van der Waals surface area (Å²) in [5, 5.41) is 4.38. The zero-order valence-corrected chi connectivity index (χ0v) is 19.7. The number of nitrogens with zero attached hydrogens (tertiary/aromatic N) is 1. The lowest BCUT2D eigenvalue weighted by molar-refractivity contribution is 0.0829. The summed E-state index contributed by atoms with van der Waals surface area (Å²) in [6.07, 6.45) is 1.75. The largest absolute Gasteiger partial charge is 0.455 e. The van der Waals surface area contributed by atoms with E-state index in [4.69, 9.17) is 16.0 Å². The fourth-order valence-corrected chi connectivity index (χ4v) is 4.72. The van der Waals surface area contributed by atoms with E-state index in [0.717, 1.165) is 0 Å². The zero-order chi connectivity index (χ0) is 24.3. The number of benzene rings is 2. The number of hydrogen-bond donors (Lipinski definition) is 3. The average molecular weight is 501 g/mol. The number of nitrogens with one attached hydrogen (secondary N) is 3. The third-order valence-electron chi connectivity index (χ3n) is 5.29. The summed E-state index contributed by atoms with van der Waals surface area (Å²) in [5.74, 6) is -0.698. The van der Waals surface area contributed by atoms with Gasteiger partial charge >= 0.3 is 5.91 Å². The van der Waals surface area contributed by atoms with Crippen molar-refractivity contribution in [2.75, 3.05) is 0 Å². The molecular weight excluding hydrogens is 480 g/mol. The van der Waals surface area contributed by atoms with E-state index in [2.05, 4.69) is 20.8 Å². The highest BCUT2D eigenvalue weighted by molar-refractivity contribution is 7.89. The Bertz CT molecular complexity index is 1380. The molecule has 0 fully saturated rings. The third kappa shape index (κ3) is 4.82. The third-order valence-corrected chi connectivity index (χ3v) is 6.85. The predicted octanol–water partition coefficient (Wildman–Crippen LogP) is 3.34. The van der Waals surface area contributed by atoms with E-state index in [0.29, 0.717) is 41.9 Å². The molecule has 0 radical (unpaired) electrons. The minimum absolute atomic E-state index is 0.00461. The minimum atomic E-state index is -3.84. The van der Waals surface area contributed by atoms with Crippen LogP contribution in [0.4, 0.5) is 0 Å². The van der Waals surface area contributed by atoms with Crippen molar-refractivity contribution < 1.29 is 22.4 Å². The number of rotatable bonds is 5. The van der Waals surface area contributed by atoms with Crippen LogP contribution in [0, 0.1) is 6.92 Å². The van der Waals surface area contributed by atoms with Gasteiger partial charge in [-0.05, 0) is 44.0 Å². The second kappa shape index (κ2) is 9.70. The second-order valence-corrected chi connectivity index (χ2v) is 9.63. The maximum atomic E-state index is 12.7. The number of halogens is 1. The van der Waals surface area contributed by atoms with Crippen molar-refractivity contribution in [3.63, 3.8) is 0 Å². The number of hydrogen-bond acceptors (Lipinski definition) is 6. The number of amides is 2. The maximum absolute atomic E-state index is 12.7. The first kappa shape index (κ1) is 23.5. The monoisotopic (exact) mass is 500 g/mol. The Morgan fingerprint density at radius 2 is 1.65 bits per heavy atom. The molecule has 9 nitrogen and oxygen atoms in total. The van der Waals surface area contributed by atoms with Gasteiger partial charge in [0, 0.05) is 17.5 Å². The van der Waals surface area contributed by atoms with E-state index in [1.165, 1.54) is 18.2 Å². The summed E-state index contributed by atoms with van der Waals surface area (Å²) in [4.78, 5) is 27.4. The SMILES string of the molecule is Cc1c(C(=O)NNC(=O)c2ccccc2Cl)oc2c1/C(=N/NS(=O)(=O)c1ccccc1)CCC2. The molecule has 0 saturated carbocycles. The number of fused-ring (bicyclic) bond motifs is 1. The fourth-order valence-electron chi connectivity index (χ4n) is 3.65. The van der Waals surface area contributed by atoms with Crippen LogP contribution in [-0.4, -0.2) is 25.9 Å². The molecule has 1 heterocycles. The molecular formula is C23H21ClN4O5S. The highest BCUT2D eigenvalue weighted by atomic mass is 35.5. The Kier molecular flexibility index (Phi) is 6.71. The Morgan fingerprint density at radius 3 is 2.38 bits per heavy atom. The van der Waals surface area contributed by atoms with Crippen LogP contribution in [0.3, 0.4) is 0 Å². The number of furan rings is 1. The fraction of sp³-hybridized carbons (Fsp3) is 0.174. The standard InChI is InChI=1S/C23H21ClN4O5S/c1-14-20-18(25-28-34(31,32)15-8-3-2-4-9-15)12-7-13-19(20)33-21(14)23(30)27-26-22(29)16-10-5-6-11-17(16)24/h2-6,8-11,28H,7,12-13H2,1H3,(H,26,29)(H,27,30)/b25-18+. The molecule has 4 rings (SSSR count). The normalized spacial score (nSPS) is 14.4. The Hall–Kier alpha value is -3.63. The van der Waals surface area contributed by atoms with Gasteiger partial charge in [0.1, 0.15) is 5.76 Å². The Labute approximate surface area is 201 Å². The molecule has 2 aromatic carbocycles. The topological polar surface area (TPSA) is 130 Å². The van der Waals surface area contributed by atoms with Crippen LogP contribution in [0.1, 0.15) is 50.6 Å². The number of hydrazine groups is 1. The van der Waals surface area contributed by atoms with Gasteiger partial charge < -0.3 is 4.42 Å². The smallest absolute Gasteiger partial charge is 0.305 e. The predicted molar refractivity (Wildman–Crippen MR) is 126 cm³/mol. The number of carbonyl (C=O) groups is 2. The van der Waals surface area contributed by atoms with E-state index >= 15 is 0 Å². The van der Waals surface area contributed by atoms with Gasteiger partial charge in [-0.2, -0.15) is 18.4 Å². The number of carbonyl (C=O) groups excluding carboxylic acids is 2. The van der Waals surface area contributed by atoms with Crippen LogP contribution >= 0.6 is 11.6 Å². The van der Waals surface area contributed by atoms with Gasteiger partial charge in [0.05, 0.1) is 21.2 Å². The number of hydrazone groups is 1. The molecule has 0 aliphatic heterocycles. The highest BCUT2D eigenvalue weighted by Crippen LogP contribution is 2.30. The molecule has 176 valence electrons. The van der Waals surface area contributed by atoms with Crippen molar-refractivity contribution in [2.24, 2.45) is 5.10 Å². The molecule has 34 heavy (non-hydrogen) atoms. The van der Waals surface area contributed by atoms with Gasteiger partial charge in [0.25, 0.3) is 15.9 Å². The van der Waals surface area contributed by atoms with Crippen LogP contribution in [0.2, 0.25) is 5.02 Å². The Balaban J connectivity index is 1.52. The quantitative estimate of drug-likeness (QED) is 0.462. The number of sulfonamides is 1. The van der Waals surface area contributed by atoms with Crippen molar-refractivity contribution in [3.8, 4) is 0 Å². The van der Waals surface area contributed by atoms with Crippen LogP contribution in [0.25, 0.3) is 0 Å². The van der Waals surface area contributed by atoms with Gasteiger partial charge in [-0.15, -0.1) is 0 Å². The molecule has 3 N–H and O–H groups in total. The molecule has 1 aliphatic rings. The van der Waals surface area contributed by atoms with E-state index < -0.39 is 21.8 Å². The van der Waals surface area contributed by atoms with Crippen molar-refractivity contribution in [1.29, 1.82) is 0 Å². The molecule has 0 atom stereocenters. The van der Waals surface area contributed by atoms with E-state index in [-0.39, 0.29) is 21.2 Å². The average Bonchev–Trinajstić information content (AvgIpc) is 3.19. The van der Waals surface area contributed by atoms with Crippen LogP contribution in [0.15, 0.2) is 69.0 Å². The lowest BCUT2D eigenvalue weighted by Gasteiger charge is -2.14. The van der Waals surface area contributed by atoms with Crippen molar-refractivity contribution in [1.82, 2.24) is 15.7 Å². The molecule has 2 amide bonds. The highest BCUT2D eigenvalue weighted by Gasteiger charge is 2.28. The summed E-state index contributed by atoms with van der Waals surface area (Å²) in [5.41, 5.74) is 6.41. The van der Waals surface area contributed by atoms with Gasteiger partial charge in [0.15, 0.2) is 5.76 Å². The van der Waals surface area contributed by atoms with Crippen molar-refractivity contribution in [2.45, 2.75) is 31.1 Å². The summed E-state index contributed by atoms with van der Waals surface area (Å²) in [6, 6.07) is 14.3.